The number of rotatable bonds is 8. The van der Waals surface area contributed by atoms with Crippen LogP contribution in [0.25, 0.3) is 0 Å². The smallest absolute Gasteiger partial charge is 0.119 e. The molecule has 1 aromatic rings. The highest BCUT2D eigenvalue weighted by Gasteiger charge is 2.41. The molecule has 100 valence electrons. The molecule has 0 heterocycles. The van der Waals surface area contributed by atoms with Gasteiger partial charge in [0, 0.05) is 18.6 Å². The fraction of sp³-hybridized carbons (Fsp3) is 0.600. The summed E-state index contributed by atoms with van der Waals surface area (Å²) < 4.78 is 5.41. The largest absolute Gasteiger partial charge is 0.494 e. The second-order valence-corrected chi connectivity index (χ2v) is 5.16. The van der Waals surface area contributed by atoms with E-state index in [1.165, 1.54) is 18.4 Å². The van der Waals surface area contributed by atoms with Crippen LogP contribution in [0.4, 0.5) is 0 Å². The maximum Gasteiger partial charge on any atom is 0.119 e. The minimum atomic E-state index is 0.207. The number of ether oxygens (including phenoxy) is 1. The second-order valence-electron chi connectivity index (χ2n) is 5.16. The molecular formula is C15H23NO2. The van der Waals surface area contributed by atoms with Gasteiger partial charge >= 0.3 is 0 Å². The highest BCUT2D eigenvalue weighted by atomic mass is 16.5. The normalized spacial score (nSPS) is 16.6. The fourth-order valence-electron chi connectivity index (χ4n) is 2.07. The first-order chi connectivity index (χ1) is 8.78. The van der Waals surface area contributed by atoms with Gasteiger partial charge < -0.3 is 15.2 Å². The lowest BCUT2D eigenvalue weighted by atomic mass is 10.1. The zero-order valence-corrected chi connectivity index (χ0v) is 11.1. The van der Waals surface area contributed by atoms with Gasteiger partial charge in [0.05, 0.1) is 6.61 Å². The van der Waals surface area contributed by atoms with Crippen molar-refractivity contribution in [3.63, 3.8) is 0 Å². The molecule has 3 heteroatoms. The van der Waals surface area contributed by atoms with Crippen LogP contribution in [0, 0.1) is 5.41 Å². The third kappa shape index (κ3) is 3.72. The van der Waals surface area contributed by atoms with Crippen molar-refractivity contribution in [1.29, 1.82) is 0 Å². The average molecular weight is 249 g/mol. The van der Waals surface area contributed by atoms with Crippen molar-refractivity contribution in [2.75, 3.05) is 26.3 Å². The third-order valence-corrected chi connectivity index (χ3v) is 3.62. The van der Waals surface area contributed by atoms with Gasteiger partial charge in [-0.2, -0.15) is 0 Å². The fourth-order valence-corrected chi connectivity index (χ4v) is 2.07. The van der Waals surface area contributed by atoms with Gasteiger partial charge in [-0.3, -0.25) is 0 Å². The van der Waals surface area contributed by atoms with Crippen LogP contribution in [0.1, 0.15) is 25.3 Å². The molecule has 2 N–H and O–H groups in total. The van der Waals surface area contributed by atoms with E-state index in [9.17, 15) is 5.11 Å². The molecule has 0 aliphatic heterocycles. The topological polar surface area (TPSA) is 41.5 Å². The van der Waals surface area contributed by atoms with Crippen molar-refractivity contribution in [1.82, 2.24) is 5.32 Å². The Morgan fingerprint density at radius 3 is 2.56 bits per heavy atom. The molecule has 0 bridgehead atoms. The molecule has 1 saturated carbocycles. The van der Waals surface area contributed by atoms with Crippen molar-refractivity contribution in [2.24, 2.45) is 5.41 Å². The summed E-state index contributed by atoms with van der Waals surface area (Å²) in [4.78, 5) is 0. The van der Waals surface area contributed by atoms with Crippen LogP contribution >= 0.6 is 0 Å². The highest BCUT2D eigenvalue weighted by Crippen LogP contribution is 2.44. The van der Waals surface area contributed by atoms with E-state index in [0.717, 1.165) is 25.3 Å². The Morgan fingerprint density at radius 2 is 2.00 bits per heavy atom. The van der Waals surface area contributed by atoms with E-state index in [0.29, 0.717) is 13.2 Å². The van der Waals surface area contributed by atoms with E-state index >= 15 is 0 Å². The maximum absolute atomic E-state index is 9.20. The quantitative estimate of drug-likeness (QED) is 0.692. The van der Waals surface area contributed by atoms with Crippen molar-refractivity contribution in [3.8, 4) is 5.75 Å². The molecule has 0 unspecified atom stereocenters. The molecule has 1 fully saturated rings. The summed E-state index contributed by atoms with van der Waals surface area (Å²) >= 11 is 0. The zero-order chi connectivity index (χ0) is 12.8. The van der Waals surface area contributed by atoms with E-state index in [1.54, 1.807) is 0 Å². The zero-order valence-electron chi connectivity index (χ0n) is 11.1. The highest BCUT2D eigenvalue weighted by molar-refractivity contribution is 5.27. The predicted octanol–water partition coefficient (Wildman–Crippen LogP) is 1.99. The summed E-state index contributed by atoms with van der Waals surface area (Å²) in [5, 5.41) is 12.6. The number of aliphatic hydroxyl groups excluding tert-OH is 1. The van der Waals surface area contributed by atoms with Gasteiger partial charge in [-0.15, -0.1) is 0 Å². The molecule has 18 heavy (non-hydrogen) atoms. The Hall–Kier alpha value is -1.06. The van der Waals surface area contributed by atoms with Crippen LogP contribution < -0.4 is 10.1 Å². The lowest BCUT2D eigenvalue weighted by Crippen LogP contribution is -2.28. The minimum absolute atomic E-state index is 0.207. The molecule has 1 aliphatic carbocycles. The van der Waals surface area contributed by atoms with E-state index in [1.807, 2.05) is 19.1 Å². The van der Waals surface area contributed by atoms with E-state index in [2.05, 4.69) is 17.4 Å². The van der Waals surface area contributed by atoms with Crippen molar-refractivity contribution < 1.29 is 9.84 Å². The first-order valence-electron chi connectivity index (χ1n) is 6.81. The summed E-state index contributed by atoms with van der Waals surface area (Å²) in [7, 11) is 0. The van der Waals surface area contributed by atoms with Crippen molar-refractivity contribution in [3.05, 3.63) is 29.8 Å². The van der Waals surface area contributed by atoms with Gasteiger partial charge in [0.15, 0.2) is 0 Å². The molecule has 0 radical (unpaired) electrons. The molecule has 0 amide bonds. The molecule has 1 aromatic carbocycles. The van der Waals surface area contributed by atoms with Crippen LogP contribution in [-0.4, -0.2) is 31.4 Å². The summed E-state index contributed by atoms with van der Waals surface area (Å²) in [5.41, 5.74) is 1.53. The molecule has 2 rings (SSSR count). The lowest BCUT2D eigenvalue weighted by Gasteiger charge is -2.12. The lowest BCUT2D eigenvalue weighted by molar-refractivity contribution is 0.208. The second kappa shape index (κ2) is 6.21. The predicted molar refractivity (Wildman–Crippen MR) is 72.9 cm³/mol. The van der Waals surface area contributed by atoms with Crippen LogP contribution in [0.2, 0.25) is 0 Å². The SMILES string of the molecule is CCOc1ccc(CCNCC2(CO)CC2)cc1. The van der Waals surface area contributed by atoms with Crippen LogP contribution in [0.15, 0.2) is 24.3 Å². The van der Waals surface area contributed by atoms with Gasteiger partial charge in [-0.1, -0.05) is 12.1 Å². The van der Waals surface area contributed by atoms with Crippen LogP contribution in [-0.2, 0) is 6.42 Å². The Bertz CT molecular complexity index is 357. The van der Waals surface area contributed by atoms with Gasteiger partial charge in [-0.25, -0.2) is 0 Å². The van der Waals surface area contributed by atoms with Crippen LogP contribution in [0.3, 0.4) is 0 Å². The monoisotopic (exact) mass is 249 g/mol. The molecule has 3 nitrogen and oxygen atoms in total. The summed E-state index contributed by atoms with van der Waals surface area (Å²) in [6, 6.07) is 8.28. The summed E-state index contributed by atoms with van der Waals surface area (Å²) in [6.45, 7) is 4.94. The number of aliphatic hydroxyl groups is 1. The number of hydrogen-bond acceptors (Lipinski definition) is 3. The Balaban J connectivity index is 1.67. The molecule has 1 aliphatic rings. The minimum Gasteiger partial charge on any atom is -0.494 e. The van der Waals surface area contributed by atoms with Gasteiger partial charge in [-0.05, 0) is 50.4 Å². The van der Waals surface area contributed by atoms with E-state index < -0.39 is 0 Å². The third-order valence-electron chi connectivity index (χ3n) is 3.62. The van der Waals surface area contributed by atoms with Gasteiger partial charge in [0.2, 0.25) is 0 Å². The van der Waals surface area contributed by atoms with Crippen LogP contribution in [0.5, 0.6) is 5.75 Å². The number of hydrogen-bond donors (Lipinski definition) is 2. The molecular weight excluding hydrogens is 226 g/mol. The maximum atomic E-state index is 9.20. The molecule has 0 aromatic heterocycles. The number of benzene rings is 1. The van der Waals surface area contributed by atoms with E-state index in [-0.39, 0.29) is 5.41 Å². The first-order valence-corrected chi connectivity index (χ1v) is 6.81. The molecule has 0 atom stereocenters. The standard InChI is InChI=1S/C15H23NO2/c1-2-18-14-5-3-13(4-6-14)7-10-16-11-15(12-17)8-9-15/h3-6,16-17H,2,7-12H2,1H3. The molecule has 0 saturated heterocycles. The van der Waals surface area contributed by atoms with Crippen molar-refractivity contribution in [2.45, 2.75) is 26.2 Å². The molecule has 0 spiro atoms. The number of nitrogens with one attached hydrogen (secondary N) is 1. The van der Waals surface area contributed by atoms with Crippen molar-refractivity contribution >= 4 is 0 Å². The summed E-state index contributed by atoms with van der Waals surface area (Å²) in [5.74, 6) is 0.937. The van der Waals surface area contributed by atoms with E-state index in [4.69, 9.17) is 4.74 Å². The first kappa shape index (κ1) is 13.4. The summed E-state index contributed by atoms with van der Waals surface area (Å²) in [6.07, 6.45) is 3.35. The Kier molecular flexibility index (Phi) is 4.61. The Labute approximate surface area is 109 Å². The Morgan fingerprint density at radius 1 is 1.28 bits per heavy atom. The van der Waals surface area contributed by atoms with Gasteiger partial charge in [0.1, 0.15) is 5.75 Å². The average Bonchev–Trinajstić information content (AvgIpc) is 3.18. The van der Waals surface area contributed by atoms with Gasteiger partial charge in [0.25, 0.3) is 0 Å².